The lowest BCUT2D eigenvalue weighted by Gasteiger charge is -2.09. The minimum absolute atomic E-state index is 0.0306. The quantitative estimate of drug-likeness (QED) is 0.690. The highest BCUT2D eigenvalue weighted by Gasteiger charge is 2.29. The van der Waals surface area contributed by atoms with Crippen LogP contribution in [0.4, 0.5) is 0 Å². The van der Waals surface area contributed by atoms with Gasteiger partial charge in [-0.3, -0.25) is 9.48 Å². The number of aryl methyl sites for hydroxylation is 1. The molecule has 2 rings (SSSR count). The van der Waals surface area contributed by atoms with E-state index in [0.717, 1.165) is 6.54 Å². The molecule has 2 unspecified atom stereocenters. The summed E-state index contributed by atoms with van der Waals surface area (Å²) in [4.78, 5) is 15.8. The van der Waals surface area contributed by atoms with E-state index in [2.05, 4.69) is 20.7 Å². The Bertz CT molecular complexity index is 392. The molecule has 7 heteroatoms. The second-order valence-electron chi connectivity index (χ2n) is 4.11. The van der Waals surface area contributed by atoms with Crippen LogP contribution in [0.3, 0.4) is 0 Å². The highest BCUT2D eigenvalue weighted by atomic mass is 16.5. The van der Waals surface area contributed by atoms with Gasteiger partial charge in [-0.05, 0) is 6.42 Å². The third kappa shape index (κ3) is 3.01. The first-order chi connectivity index (χ1) is 8.19. The lowest BCUT2D eigenvalue weighted by atomic mass is 10.2. The topological polar surface area (TPSA) is 81.1 Å². The highest BCUT2D eigenvalue weighted by Crippen LogP contribution is 2.09. The number of nitrogens with zero attached hydrogens (tertiary/aromatic N) is 3. The van der Waals surface area contributed by atoms with Crippen molar-refractivity contribution in [2.45, 2.75) is 25.1 Å². The van der Waals surface area contributed by atoms with E-state index in [1.807, 2.05) is 0 Å². The van der Waals surface area contributed by atoms with Gasteiger partial charge in [0.05, 0.1) is 18.7 Å². The Morgan fingerprint density at radius 1 is 1.76 bits per heavy atom. The average molecular weight is 239 g/mol. The summed E-state index contributed by atoms with van der Waals surface area (Å²) in [6.07, 6.45) is 2.44. The molecular weight excluding hydrogens is 222 g/mol. The lowest BCUT2D eigenvalue weighted by molar-refractivity contribution is -0.123. The van der Waals surface area contributed by atoms with E-state index in [1.54, 1.807) is 25.2 Å². The standard InChI is InChI=1S/C10H17N5O2/c1-15-6-13-9(14-15)5-12-10(16)8-3-7(17-2)4-11-8/h6-8,11H,3-5H2,1-2H3,(H,12,16). The maximum absolute atomic E-state index is 11.8. The second-order valence-corrected chi connectivity index (χ2v) is 4.11. The van der Waals surface area contributed by atoms with Crippen molar-refractivity contribution in [3.63, 3.8) is 0 Å². The predicted octanol–water partition coefficient (Wildman–Crippen LogP) is -1.19. The third-order valence-electron chi connectivity index (χ3n) is 2.81. The number of ether oxygens (including phenoxy) is 1. The number of hydrogen-bond donors (Lipinski definition) is 2. The van der Waals surface area contributed by atoms with Crippen LogP contribution in [0, 0.1) is 0 Å². The normalized spacial score (nSPS) is 23.9. The smallest absolute Gasteiger partial charge is 0.237 e. The van der Waals surface area contributed by atoms with E-state index in [9.17, 15) is 4.79 Å². The zero-order valence-corrected chi connectivity index (χ0v) is 10.0. The number of nitrogens with one attached hydrogen (secondary N) is 2. The zero-order chi connectivity index (χ0) is 12.3. The van der Waals surface area contributed by atoms with Crippen molar-refractivity contribution < 1.29 is 9.53 Å². The van der Waals surface area contributed by atoms with Gasteiger partial charge < -0.3 is 15.4 Å². The van der Waals surface area contributed by atoms with Gasteiger partial charge in [0.25, 0.3) is 0 Å². The first-order valence-electron chi connectivity index (χ1n) is 5.57. The van der Waals surface area contributed by atoms with Crippen LogP contribution in [0.25, 0.3) is 0 Å². The molecule has 2 atom stereocenters. The van der Waals surface area contributed by atoms with Gasteiger partial charge in [-0.2, -0.15) is 5.10 Å². The van der Waals surface area contributed by atoms with Crippen LogP contribution in [-0.4, -0.2) is 46.5 Å². The molecule has 0 spiro atoms. The zero-order valence-electron chi connectivity index (χ0n) is 10.0. The Labute approximate surface area is 99.5 Å². The molecule has 2 heterocycles. The van der Waals surface area contributed by atoms with E-state index in [4.69, 9.17) is 4.74 Å². The fourth-order valence-corrected chi connectivity index (χ4v) is 1.84. The molecule has 7 nitrogen and oxygen atoms in total. The number of methoxy groups -OCH3 is 1. The summed E-state index contributed by atoms with van der Waals surface area (Å²) in [5.41, 5.74) is 0. The largest absolute Gasteiger partial charge is 0.380 e. The SMILES string of the molecule is COC1CNC(C(=O)NCc2ncn(C)n2)C1. The molecule has 1 aliphatic rings. The molecule has 0 saturated carbocycles. The van der Waals surface area contributed by atoms with Crippen molar-refractivity contribution in [3.05, 3.63) is 12.2 Å². The Hall–Kier alpha value is -1.47. The van der Waals surface area contributed by atoms with Crippen LogP contribution in [0.2, 0.25) is 0 Å². The summed E-state index contributed by atoms with van der Waals surface area (Å²) in [5, 5.41) is 10.0. The summed E-state index contributed by atoms with van der Waals surface area (Å²) >= 11 is 0. The van der Waals surface area contributed by atoms with E-state index in [-0.39, 0.29) is 18.1 Å². The minimum atomic E-state index is -0.177. The summed E-state index contributed by atoms with van der Waals surface area (Å²) in [7, 11) is 3.45. The van der Waals surface area contributed by atoms with Crippen LogP contribution in [0.15, 0.2) is 6.33 Å². The van der Waals surface area contributed by atoms with Gasteiger partial charge in [-0.25, -0.2) is 4.98 Å². The molecule has 0 bridgehead atoms. The molecule has 0 aliphatic carbocycles. The number of aromatic nitrogens is 3. The van der Waals surface area contributed by atoms with Gasteiger partial charge in [0, 0.05) is 20.7 Å². The predicted molar refractivity (Wildman–Crippen MR) is 60.1 cm³/mol. The number of carbonyl (C=O) groups excluding carboxylic acids is 1. The summed E-state index contributed by atoms with van der Waals surface area (Å²) in [6, 6.07) is -0.177. The monoisotopic (exact) mass is 239 g/mol. The summed E-state index contributed by atoms with van der Waals surface area (Å²) < 4.78 is 6.79. The number of hydrogen-bond acceptors (Lipinski definition) is 5. The first kappa shape index (κ1) is 12.0. The molecule has 0 radical (unpaired) electrons. The van der Waals surface area contributed by atoms with E-state index < -0.39 is 0 Å². The summed E-state index contributed by atoms with van der Waals surface area (Å²) in [6.45, 7) is 1.08. The van der Waals surface area contributed by atoms with E-state index in [0.29, 0.717) is 18.8 Å². The van der Waals surface area contributed by atoms with Crippen molar-refractivity contribution in [2.24, 2.45) is 7.05 Å². The lowest BCUT2D eigenvalue weighted by Crippen LogP contribution is -2.40. The fourth-order valence-electron chi connectivity index (χ4n) is 1.84. The molecule has 1 aromatic heterocycles. The molecule has 1 aliphatic heterocycles. The van der Waals surface area contributed by atoms with Gasteiger partial charge in [0.15, 0.2) is 5.82 Å². The average Bonchev–Trinajstić information content (AvgIpc) is 2.94. The van der Waals surface area contributed by atoms with Crippen molar-refractivity contribution >= 4 is 5.91 Å². The van der Waals surface area contributed by atoms with E-state index >= 15 is 0 Å². The van der Waals surface area contributed by atoms with Crippen LogP contribution < -0.4 is 10.6 Å². The molecule has 1 fully saturated rings. The molecular formula is C10H17N5O2. The Kier molecular flexibility index (Phi) is 3.70. The van der Waals surface area contributed by atoms with Gasteiger partial charge >= 0.3 is 0 Å². The molecule has 1 saturated heterocycles. The molecule has 1 amide bonds. The minimum Gasteiger partial charge on any atom is -0.380 e. The summed E-state index contributed by atoms with van der Waals surface area (Å²) in [5.74, 6) is 0.583. The fraction of sp³-hybridized carbons (Fsp3) is 0.700. The van der Waals surface area contributed by atoms with Crippen LogP contribution in [-0.2, 0) is 23.1 Å². The van der Waals surface area contributed by atoms with E-state index in [1.165, 1.54) is 0 Å². The van der Waals surface area contributed by atoms with Crippen LogP contribution in [0.5, 0.6) is 0 Å². The molecule has 1 aromatic rings. The maximum atomic E-state index is 11.8. The number of rotatable bonds is 4. The number of carbonyl (C=O) groups is 1. The van der Waals surface area contributed by atoms with Gasteiger partial charge in [0.2, 0.25) is 5.91 Å². The van der Waals surface area contributed by atoms with Crippen LogP contribution >= 0.6 is 0 Å². The molecule has 17 heavy (non-hydrogen) atoms. The second kappa shape index (κ2) is 5.24. The van der Waals surface area contributed by atoms with Gasteiger partial charge in [-0.1, -0.05) is 0 Å². The van der Waals surface area contributed by atoms with Crippen LogP contribution in [0.1, 0.15) is 12.2 Å². The highest BCUT2D eigenvalue weighted by molar-refractivity contribution is 5.82. The molecule has 0 aromatic carbocycles. The number of amides is 1. The van der Waals surface area contributed by atoms with Crippen molar-refractivity contribution in [2.75, 3.05) is 13.7 Å². The molecule has 94 valence electrons. The Balaban J connectivity index is 1.78. The van der Waals surface area contributed by atoms with Crippen molar-refractivity contribution in [1.29, 1.82) is 0 Å². The van der Waals surface area contributed by atoms with Gasteiger partial charge in [0.1, 0.15) is 6.33 Å². The van der Waals surface area contributed by atoms with Gasteiger partial charge in [-0.15, -0.1) is 0 Å². The van der Waals surface area contributed by atoms with Crippen molar-refractivity contribution in [1.82, 2.24) is 25.4 Å². The Morgan fingerprint density at radius 3 is 3.18 bits per heavy atom. The maximum Gasteiger partial charge on any atom is 0.237 e. The van der Waals surface area contributed by atoms with Crippen molar-refractivity contribution in [3.8, 4) is 0 Å². The third-order valence-corrected chi connectivity index (χ3v) is 2.81. The first-order valence-corrected chi connectivity index (χ1v) is 5.57. The molecule has 2 N–H and O–H groups in total. The Morgan fingerprint density at radius 2 is 2.59 bits per heavy atom.